The molecule has 2 rings (SSSR count). The van der Waals surface area contributed by atoms with Crippen LogP contribution in [0.4, 0.5) is 5.69 Å². The molecular formula is C17H17N3O4. The van der Waals surface area contributed by atoms with Gasteiger partial charge >= 0.3 is 0 Å². The highest BCUT2D eigenvalue weighted by Crippen LogP contribution is 2.23. The normalized spacial score (nSPS) is 10.6. The van der Waals surface area contributed by atoms with Gasteiger partial charge in [-0.05, 0) is 48.7 Å². The van der Waals surface area contributed by atoms with E-state index < -0.39 is 10.8 Å². The highest BCUT2D eigenvalue weighted by molar-refractivity contribution is 5.98. The average Bonchev–Trinajstić information content (AvgIpc) is 2.58. The van der Waals surface area contributed by atoms with Crippen molar-refractivity contribution in [3.05, 3.63) is 68.8 Å². The lowest BCUT2D eigenvalue weighted by Crippen LogP contribution is -2.19. The predicted molar refractivity (Wildman–Crippen MR) is 90.6 cm³/mol. The molecule has 0 aliphatic rings. The fourth-order valence-corrected chi connectivity index (χ4v) is 2.22. The molecule has 0 atom stereocenters. The van der Waals surface area contributed by atoms with Gasteiger partial charge < -0.3 is 4.74 Å². The molecule has 1 N–H and O–H groups in total. The van der Waals surface area contributed by atoms with E-state index in [1.807, 2.05) is 26.0 Å². The summed E-state index contributed by atoms with van der Waals surface area (Å²) in [6.07, 6.45) is 1.49. The van der Waals surface area contributed by atoms with Crippen molar-refractivity contribution in [3.8, 4) is 5.75 Å². The van der Waals surface area contributed by atoms with Crippen molar-refractivity contribution in [1.82, 2.24) is 5.43 Å². The van der Waals surface area contributed by atoms with E-state index in [4.69, 9.17) is 4.74 Å². The van der Waals surface area contributed by atoms with Crippen LogP contribution < -0.4 is 10.2 Å². The predicted octanol–water partition coefficient (Wildman–Crippen LogP) is 2.98. The molecule has 1 amide bonds. The second-order valence-corrected chi connectivity index (χ2v) is 5.08. The van der Waals surface area contributed by atoms with Crippen molar-refractivity contribution in [2.24, 2.45) is 5.10 Å². The molecule has 0 radical (unpaired) electrons. The molecule has 7 heteroatoms. The number of nitro benzene ring substituents is 1. The summed E-state index contributed by atoms with van der Waals surface area (Å²) in [4.78, 5) is 22.4. The lowest BCUT2D eigenvalue weighted by atomic mass is 10.0. The Bertz CT molecular complexity index is 815. The monoisotopic (exact) mass is 327 g/mol. The first-order valence-electron chi connectivity index (χ1n) is 7.16. The van der Waals surface area contributed by atoms with Gasteiger partial charge in [-0.3, -0.25) is 14.9 Å². The van der Waals surface area contributed by atoms with Crippen LogP contribution in [0.1, 0.15) is 27.0 Å². The number of nitrogens with zero attached hydrogens (tertiary/aromatic N) is 2. The molecule has 0 heterocycles. The molecule has 0 bridgehead atoms. The highest BCUT2D eigenvalue weighted by atomic mass is 16.6. The number of para-hydroxylation sites is 1. The molecule has 0 saturated heterocycles. The molecule has 124 valence electrons. The number of hydrogen-bond donors (Lipinski definition) is 1. The number of hydrogen-bond acceptors (Lipinski definition) is 5. The van der Waals surface area contributed by atoms with Crippen molar-refractivity contribution in [1.29, 1.82) is 0 Å². The van der Waals surface area contributed by atoms with E-state index in [1.165, 1.54) is 24.4 Å². The zero-order valence-corrected chi connectivity index (χ0v) is 13.6. The number of ether oxygens (including phenoxy) is 1. The molecular weight excluding hydrogens is 310 g/mol. The highest BCUT2D eigenvalue weighted by Gasteiger charge is 2.18. The van der Waals surface area contributed by atoms with Crippen LogP contribution in [-0.4, -0.2) is 24.2 Å². The summed E-state index contributed by atoms with van der Waals surface area (Å²) in [7, 11) is 1.60. The van der Waals surface area contributed by atoms with Crippen LogP contribution in [-0.2, 0) is 0 Å². The number of nitro groups is 1. The Labute approximate surface area is 139 Å². The summed E-state index contributed by atoms with van der Waals surface area (Å²) < 4.78 is 5.24. The number of carbonyl (C=O) groups is 1. The average molecular weight is 327 g/mol. The molecule has 24 heavy (non-hydrogen) atoms. The van der Waals surface area contributed by atoms with E-state index in [9.17, 15) is 14.9 Å². The number of amides is 1. The van der Waals surface area contributed by atoms with Crippen molar-refractivity contribution < 1.29 is 14.5 Å². The van der Waals surface area contributed by atoms with Gasteiger partial charge in [0.05, 0.1) is 18.2 Å². The smallest absolute Gasteiger partial charge is 0.282 e. The maximum absolute atomic E-state index is 12.1. The summed E-state index contributed by atoms with van der Waals surface area (Å²) in [5.74, 6) is 0.134. The van der Waals surface area contributed by atoms with Crippen LogP contribution in [0.5, 0.6) is 5.75 Å². The van der Waals surface area contributed by atoms with E-state index in [-0.39, 0.29) is 11.3 Å². The summed E-state index contributed by atoms with van der Waals surface area (Å²) in [6, 6.07) is 9.35. The Balaban J connectivity index is 2.17. The lowest BCUT2D eigenvalue weighted by molar-refractivity contribution is -0.385. The molecule has 0 saturated carbocycles. The SMILES string of the molecule is COc1ccc(/C=N/NC(=O)c2ccccc2[N+](=O)[O-])c(C)c1C. The van der Waals surface area contributed by atoms with Crippen LogP contribution in [0.25, 0.3) is 0 Å². The first-order chi connectivity index (χ1) is 11.5. The summed E-state index contributed by atoms with van der Waals surface area (Å²) in [5.41, 5.74) is 4.78. The van der Waals surface area contributed by atoms with Gasteiger partial charge in [-0.2, -0.15) is 5.10 Å². The largest absolute Gasteiger partial charge is 0.496 e. The molecule has 0 fully saturated rings. The molecule has 2 aromatic rings. The Morgan fingerprint density at radius 2 is 1.92 bits per heavy atom. The zero-order chi connectivity index (χ0) is 17.7. The third kappa shape index (κ3) is 3.57. The Hall–Kier alpha value is -3.22. The van der Waals surface area contributed by atoms with Crippen LogP contribution in [0.2, 0.25) is 0 Å². The second-order valence-electron chi connectivity index (χ2n) is 5.08. The Kier molecular flexibility index (Phi) is 5.26. The Morgan fingerprint density at radius 3 is 2.58 bits per heavy atom. The van der Waals surface area contributed by atoms with E-state index >= 15 is 0 Å². The minimum atomic E-state index is -0.638. The first-order valence-corrected chi connectivity index (χ1v) is 7.16. The molecule has 0 unspecified atom stereocenters. The molecule has 7 nitrogen and oxygen atoms in total. The van der Waals surface area contributed by atoms with Crippen LogP contribution in [0.15, 0.2) is 41.5 Å². The van der Waals surface area contributed by atoms with Gasteiger partial charge in [0.2, 0.25) is 0 Å². The molecule has 0 aliphatic heterocycles. The Morgan fingerprint density at radius 1 is 1.21 bits per heavy atom. The third-order valence-corrected chi connectivity index (χ3v) is 3.71. The molecule has 0 aliphatic carbocycles. The minimum absolute atomic E-state index is 0.0396. The zero-order valence-electron chi connectivity index (χ0n) is 13.6. The topological polar surface area (TPSA) is 93.8 Å². The van der Waals surface area contributed by atoms with Gasteiger partial charge in [0.1, 0.15) is 11.3 Å². The number of benzene rings is 2. The maximum atomic E-state index is 12.1. The van der Waals surface area contributed by atoms with E-state index in [2.05, 4.69) is 10.5 Å². The number of carbonyl (C=O) groups excluding carboxylic acids is 1. The van der Waals surface area contributed by atoms with E-state index in [1.54, 1.807) is 13.2 Å². The van der Waals surface area contributed by atoms with E-state index in [0.29, 0.717) is 0 Å². The number of nitrogens with one attached hydrogen (secondary N) is 1. The number of rotatable bonds is 5. The van der Waals surface area contributed by atoms with Crippen LogP contribution in [0, 0.1) is 24.0 Å². The quantitative estimate of drug-likeness (QED) is 0.519. The first kappa shape index (κ1) is 17.1. The second kappa shape index (κ2) is 7.36. The van der Waals surface area contributed by atoms with Crippen molar-refractivity contribution >= 4 is 17.8 Å². The van der Waals surface area contributed by atoms with Crippen LogP contribution in [0.3, 0.4) is 0 Å². The van der Waals surface area contributed by atoms with Crippen molar-refractivity contribution in [3.63, 3.8) is 0 Å². The van der Waals surface area contributed by atoms with Crippen LogP contribution >= 0.6 is 0 Å². The fourth-order valence-electron chi connectivity index (χ4n) is 2.22. The number of hydrazone groups is 1. The van der Waals surface area contributed by atoms with Crippen molar-refractivity contribution in [2.75, 3.05) is 7.11 Å². The van der Waals surface area contributed by atoms with Gasteiger partial charge in [-0.15, -0.1) is 0 Å². The molecule has 0 spiro atoms. The van der Waals surface area contributed by atoms with Gasteiger partial charge in [0, 0.05) is 6.07 Å². The minimum Gasteiger partial charge on any atom is -0.496 e. The van der Waals surface area contributed by atoms with Gasteiger partial charge in [0.25, 0.3) is 11.6 Å². The van der Waals surface area contributed by atoms with Gasteiger partial charge in [-0.1, -0.05) is 12.1 Å². The summed E-state index contributed by atoms with van der Waals surface area (Å²) in [6.45, 7) is 3.85. The van der Waals surface area contributed by atoms with Gasteiger partial charge in [0.15, 0.2) is 0 Å². The summed E-state index contributed by atoms with van der Waals surface area (Å²) in [5, 5.41) is 14.8. The maximum Gasteiger partial charge on any atom is 0.282 e. The third-order valence-electron chi connectivity index (χ3n) is 3.71. The van der Waals surface area contributed by atoms with E-state index in [0.717, 1.165) is 22.4 Å². The van der Waals surface area contributed by atoms with Gasteiger partial charge in [-0.25, -0.2) is 5.43 Å². The lowest BCUT2D eigenvalue weighted by Gasteiger charge is -2.09. The standard InChI is InChI=1S/C17H17N3O4/c1-11-12(2)16(24-3)9-8-13(11)10-18-19-17(21)14-6-4-5-7-15(14)20(22)23/h4-10H,1-3H3,(H,19,21)/b18-10+. The molecule has 2 aromatic carbocycles. The summed E-state index contributed by atoms with van der Waals surface area (Å²) >= 11 is 0. The number of methoxy groups -OCH3 is 1. The molecule has 0 aromatic heterocycles. The van der Waals surface area contributed by atoms with Crippen molar-refractivity contribution in [2.45, 2.75) is 13.8 Å². The fraction of sp³-hybridized carbons (Fsp3) is 0.176.